The van der Waals surface area contributed by atoms with Gasteiger partial charge in [0.15, 0.2) is 17.1 Å². The Kier molecular flexibility index (Phi) is 7.31. The number of nitrogens with one attached hydrogen (secondary N) is 3. The van der Waals surface area contributed by atoms with Gasteiger partial charge in [-0.25, -0.2) is 14.8 Å². The Labute approximate surface area is 232 Å². The van der Waals surface area contributed by atoms with Gasteiger partial charge in [-0.1, -0.05) is 13.0 Å². The molecule has 5 N–H and O–H groups in total. The van der Waals surface area contributed by atoms with Crippen molar-refractivity contribution in [2.75, 3.05) is 24.3 Å². The minimum absolute atomic E-state index is 0.249. The Morgan fingerprint density at radius 1 is 1.07 bits per heavy atom. The van der Waals surface area contributed by atoms with Gasteiger partial charge in [-0.05, 0) is 68.7 Å². The number of carbonyl (C=O) groups is 1. The number of pyridine rings is 1. The van der Waals surface area contributed by atoms with Gasteiger partial charge in [0.2, 0.25) is 5.95 Å². The number of hydrogen-bond donors (Lipinski definition) is 4. The summed E-state index contributed by atoms with van der Waals surface area (Å²) in [6, 6.07) is 12.9. The van der Waals surface area contributed by atoms with E-state index in [2.05, 4.69) is 38.9 Å². The van der Waals surface area contributed by atoms with Crippen molar-refractivity contribution in [3.63, 3.8) is 0 Å². The molecule has 1 atom stereocenters. The summed E-state index contributed by atoms with van der Waals surface area (Å²) < 4.78 is 16.8. The molecule has 0 aliphatic carbocycles. The lowest BCUT2D eigenvalue weighted by atomic mass is 10.0. The summed E-state index contributed by atoms with van der Waals surface area (Å²) in [6.07, 6.45) is 2.02. The minimum atomic E-state index is -0.500. The van der Waals surface area contributed by atoms with Gasteiger partial charge >= 0.3 is 6.03 Å². The van der Waals surface area contributed by atoms with Crippen LogP contribution in [0, 0.1) is 0 Å². The number of urea groups is 1. The third-order valence-corrected chi connectivity index (χ3v) is 6.12. The number of hydrogen-bond acceptors (Lipinski definition) is 9. The molecule has 1 unspecified atom stereocenters. The Hall–Kier alpha value is -4.64. The van der Waals surface area contributed by atoms with E-state index in [1.54, 1.807) is 25.4 Å². The molecule has 0 spiro atoms. The van der Waals surface area contributed by atoms with E-state index in [0.717, 1.165) is 28.9 Å². The quantitative estimate of drug-likeness (QED) is 0.253. The van der Waals surface area contributed by atoms with Gasteiger partial charge in [-0.2, -0.15) is 4.98 Å². The summed E-state index contributed by atoms with van der Waals surface area (Å²) in [7, 11) is 1.63. The fourth-order valence-electron chi connectivity index (χ4n) is 4.26. The second-order valence-electron chi connectivity index (χ2n) is 10.4. The molecule has 208 valence electrons. The lowest BCUT2D eigenvalue weighted by molar-refractivity contribution is 0.0581. The maximum Gasteiger partial charge on any atom is 0.320 e. The largest absolute Gasteiger partial charge is 0.497 e. The molecule has 1 aliphatic rings. The fourth-order valence-corrected chi connectivity index (χ4v) is 4.26. The van der Waals surface area contributed by atoms with Crippen molar-refractivity contribution in [3.8, 4) is 28.4 Å². The summed E-state index contributed by atoms with van der Waals surface area (Å²) in [6.45, 7) is 8.06. The van der Waals surface area contributed by atoms with Crippen LogP contribution >= 0.6 is 0 Å². The lowest BCUT2D eigenvalue weighted by Gasteiger charge is -2.21. The molecule has 0 bridgehead atoms. The van der Waals surface area contributed by atoms with E-state index < -0.39 is 11.8 Å². The van der Waals surface area contributed by atoms with Gasteiger partial charge in [-0.3, -0.25) is 5.32 Å². The number of methoxy groups -OCH3 is 1. The average molecular weight is 544 g/mol. The highest BCUT2D eigenvalue weighted by atomic mass is 16.7. The van der Waals surface area contributed by atoms with E-state index in [9.17, 15) is 4.79 Å². The number of carbonyl (C=O) groups excluding carboxylic acids is 1. The smallest absolute Gasteiger partial charge is 0.320 e. The Morgan fingerprint density at radius 3 is 2.60 bits per heavy atom. The molecule has 3 heterocycles. The molecule has 2 amide bonds. The van der Waals surface area contributed by atoms with Crippen LogP contribution < -0.4 is 35.9 Å². The van der Waals surface area contributed by atoms with Gasteiger partial charge in [0, 0.05) is 34.4 Å². The second-order valence-corrected chi connectivity index (χ2v) is 10.4. The first-order chi connectivity index (χ1) is 19.1. The van der Waals surface area contributed by atoms with Crippen LogP contribution in [-0.4, -0.2) is 46.5 Å². The molecule has 0 radical (unpaired) electrons. The van der Waals surface area contributed by atoms with Gasteiger partial charge in [0.1, 0.15) is 11.6 Å². The zero-order valence-corrected chi connectivity index (χ0v) is 23.2. The summed E-state index contributed by atoms with van der Waals surface area (Å²) in [4.78, 5) is 26.7. The topological polar surface area (TPSA) is 146 Å². The first-order valence-electron chi connectivity index (χ1n) is 13.0. The van der Waals surface area contributed by atoms with Gasteiger partial charge in [0.05, 0.1) is 13.7 Å². The Balaban J connectivity index is 1.52. The predicted molar refractivity (Wildman–Crippen MR) is 154 cm³/mol. The third kappa shape index (κ3) is 5.99. The van der Waals surface area contributed by atoms with Crippen molar-refractivity contribution < 1.29 is 19.0 Å². The number of anilines is 3. The van der Waals surface area contributed by atoms with Crippen LogP contribution in [0.25, 0.3) is 22.2 Å². The molecule has 0 fully saturated rings. The van der Waals surface area contributed by atoms with Gasteiger partial charge in [0.25, 0.3) is 6.29 Å². The zero-order chi connectivity index (χ0) is 28.4. The number of benzene rings is 2. The van der Waals surface area contributed by atoms with Crippen LogP contribution in [0.4, 0.5) is 22.2 Å². The number of ether oxygens (including phenoxy) is 3. The second kappa shape index (κ2) is 10.9. The van der Waals surface area contributed by atoms with E-state index in [-0.39, 0.29) is 12.6 Å². The van der Waals surface area contributed by atoms with E-state index in [0.29, 0.717) is 40.0 Å². The molecule has 5 rings (SSSR count). The first-order valence-corrected chi connectivity index (χ1v) is 13.0. The van der Waals surface area contributed by atoms with E-state index in [1.165, 1.54) is 0 Å². The maximum absolute atomic E-state index is 12.9. The average Bonchev–Trinajstić information content (AvgIpc) is 3.34. The van der Waals surface area contributed by atoms with Crippen molar-refractivity contribution >= 4 is 34.5 Å². The van der Waals surface area contributed by atoms with Crippen molar-refractivity contribution in [2.45, 2.75) is 45.9 Å². The molecule has 0 saturated carbocycles. The van der Waals surface area contributed by atoms with E-state index in [4.69, 9.17) is 24.9 Å². The molecule has 11 nitrogen and oxygen atoms in total. The van der Waals surface area contributed by atoms with Crippen LogP contribution in [0.15, 0.2) is 48.7 Å². The number of amides is 2. The fraction of sp³-hybridized carbons (Fsp3) is 0.310. The molecule has 4 aromatic rings. The van der Waals surface area contributed by atoms with Crippen molar-refractivity contribution in [1.29, 1.82) is 0 Å². The van der Waals surface area contributed by atoms with Crippen molar-refractivity contribution in [1.82, 2.24) is 20.3 Å². The number of fused-ring (bicyclic) bond motifs is 2. The molecule has 11 heteroatoms. The van der Waals surface area contributed by atoms with Crippen molar-refractivity contribution in [2.24, 2.45) is 5.73 Å². The number of rotatable bonds is 7. The van der Waals surface area contributed by atoms with Crippen LogP contribution in [0.5, 0.6) is 17.2 Å². The molecule has 40 heavy (non-hydrogen) atoms. The number of aromatic nitrogens is 3. The lowest BCUT2D eigenvalue weighted by Crippen LogP contribution is -2.43. The van der Waals surface area contributed by atoms with Crippen LogP contribution in [0.3, 0.4) is 0 Å². The van der Waals surface area contributed by atoms with E-state index in [1.807, 2.05) is 45.0 Å². The highest BCUT2D eigenvalue weighted by Gasteiger charge is 2.23. The van der Waals surface area contributed by atoms with Crippen LogP contribution in [0.1, 0.15) is 33.3 Å². The summed E-state index contributed by atoms with van der Waals surface area (Å²) >= 11 is 0. The standard InChI is InChI=1S/C29H33N7O4/c1-6-16-9-17(11-20(10-16)38-5)21-12-18-15-31-27(32-19-7-8-22-23(13-19)40-24(14-30)39-22)34-25(18)33-26(21)35-28(37)36-29(2,3)4/h7-13,15,24H,6,14,30H2,1-5H3,(H3,31,32,33,34,35,36,37). The van der Waals surface area contributed by atoms with Crippen LogP contribution in [0.2, 0.25) is 0 Å². The van der Waals surface area contributed by atoms with Gasteiger partial charge < -0.3 is 30.6 Å². The Bertz CT molecular complexity index is 1550. The van der Waals surface area contributed by atoms with Gasteiger partial charge in [-0.15, -0.1) is 0 Å². The molecular formula is C29H33N7O4. The monoisotopic (exact) mass is 543 g/mol. The molecule has 2 aromatic heterocycles. The summed E-state index contributed by atoms with van der Waals surface area (Å²) in [5.41, 5.74) is 9.01. The summed E-state index contributed by atoms with van der Waals surface area (Å²) in [5, 5.41) is 9.73. The summed E-state index contributed by atoms with van der Waals surface area (Å²) in [5.74, 6) is 2.64. The number of nitrogens with zero attached hydrogens (tertiary/aromatic N) is 3. The predicted octanol–water partition coefficient (Wildman–Crippen LogP) is 4.98. The van der Waals surface area contributed by atoms with Crippen molar-refractivity contribution in [3.05, 3.63) is 54.2 Å². The normalized spacial score (nSPS) is 14.2. The maximum atomic E-state index is 12.9. The SMILES string of the molecule is CCc1cc(OC)cc(-c2cc3cnc(Nc4ccc5c(c4)OC(CN)O5)nc3nc2NC(=O)NC(C)(C)C)c1. The highest BCUT2D eigenvalue weighted by molar-refractivity contribution is 5.96. The molecule has 0 saturated heterocycles. The number of nitrogens with two attached hydrogens (primary N) is 1. The third-order valence-electron chi connectivity index (χ3n) is 6.12. The Morgan fingerprint density at radius 2 is 1.88 bits per heavy atom. The minimum Gasteiger partial charge on any atom is -0.497 e. The molecular weight excluding hydrogens is 510 g/mol. The first kappa shape index (κ1) is 26.9. The highest BCUT2D eigenvalue weighted by Crippen LogP contribution is 2.37. The zero-order valence-electron chi connectivity index (χ0n) is 23.2. The number of aryl methyl sites for hydroxylation is 1. The van der Waals surface area contributed by atoms with Crippen LogP contribution in [-0.2, 0) is 6.42 Å². The van der Waals surface area contributed by atoms with E-state index >= 15 is 0 Å². The molecule has 2 aromatic carbocycles. The molecule has 1 aliphatic heterocycles.